The van der Waals surface area contributed by atoms with Gasteiger partial charge in [0.1, 0.15) is 5.75 Å². The van der Waals surface area contributed by atoms with Crippen LogP contribution in [0, 0.1) is 0 Å². The van der Waals surface area contributed by atoms with E-state index in [1.165, 1.54) is 6.92 Å². The molecule has 0 saturated carbocycles. The molecule has 0 unspecified atom stereocenters. The number of benzene rings is 2. The molecular formula is C18H18BrNO4. The lowest BCUT2D eigenvalue weighted by Gasteiger charge is -2.13. The second-order valence-electron chi connectivity index (χ2n) is 5.38. The molecule has 2 rings (SSSR count). The predicted molar refractivity (Wildman–Crippen MR) is 95.6 cm³/mol. The van der Waals surface area contributed by atoms with Gasteiger partial charge in [-0.05, 0) is 60.1 Å². The van der Waals surface area contributed by atoms with Crippen molar-refractivity contribution in [2.75, 3.05) is 5.32 Å². The summed E-state index contributed by atoms with van der Waals surface area (Å²) in [5, 5.41) is 2.63. The van der Waals surface area contributed by atoms with Crippen LogP contribution in [0.2, 0.25) is 0 Å². The van der Waals surface area contributed by atoms with Crippen molar-refractivity contribution < 1.29 is 19.1 Å². The zero-order valence-electron chi connectivity index (χ0n) is 13.6. The summed E-state index contributed by atoms with van der Waals surface area (Å²) in [4.78, 5) is 23.6. The van der Waals surface area contributed by atoms with Gasteiger partial charge in [0.05, 0.1) is 21.8 Å². The number of carbonyl (C=O) groups excluding carboxylic acids is 2. The lowest BCUT2D eigenvalue weighted by molar-refractivity contribution is -0.114. The largest absolute Gasteiger partial charge is 0.490 e. The topological polar surface area (TPSA) is 64.6 Å². The number of halogens is 1. The summed E-state index contributed by atoms with van der Waals surface area (Å²) in [7, 11) is 0. The average molecular weight is 392 g/mol. The number of rotatable bonds is 5. The predicted octanol–water partition coefficient (Wildman–Crippen LogP) is 4.41. The first-order valence-corrected chi connectivity index (χ1v) is 8.21. The van der Waals surface area contributed by atoms with E-state index < -0.39 is 5.97 Å². The number of para-hydroxylation sites is 2. The number of hydrogen-bond donors (Lipinski definition) is 1. The smallest absolute Gasteiger partial charge is 0.343 e. The van der Waals surface area contributed by atoms with Gasteiger partial charge >= 0.3 is 5.97 Å². The second-order valence-corrected chi connectivity index (χ2v) is 6.23. The maximum atomic E-state index is 12.3. The van der Waals surface area contributed by atoms with Gasteiger partial charge in [-0.3, -0.25) is 4.79 Å². The molecule has 24 heavy (non-hydrogen) atoms. The third kappa shape index (κ3) is 4.83. The Kier molecular flexibility index (Phi) is 5.98. The Morgan fingerprint density at radius 3 is 2.42 bits per heavy atom. The number of esters is 1. The quantitative estimate of drug-likeness (QED) is 0.605. The van der Waals surface area contributed by atoms with Crippen molar-refractivity contribution in [2.24, 2.45) is 0 Å². The Hall–Kier alpha value is -2.34. The van der Waals surface area contributed by atoms with Crippen LogP contribution in [0.5, 0.6) is 11.5 Å². The molecular weight excluding hydrogens is 374 g/mol. The standard InChI is InChI=1S/C18H18BrNO4/c1-11(2)23-16-9-8-13(10-14(16)19)18(22)24-17-7-5-4-6-15(17)20-12(3)21/h4-11H,1-3H3,(H,20,21). The van der Waals surface area contributed by atoms with Crippen LogP contribution >= 0.6 is 15.9 Å². The summed E-state index contributed by atoms with van der Waals surface area (Å²) < 4.78 is 11.7. The average Bonchev–Trinajstić information content (AvgIpc) is 2.50. The highest BCUT2D eigenvalue weighted by Gasteiger charge is 2.14. The summed E-state index contributed by atoms with van der Waals surface area (Å²) in [6.07, 6.45) is 0.0311. The van der Waals surface area contributed by atoms with E-state index in [-0.39, 0.29) is 17.8 Å². The Labute approximate surface area is 149 Å². The first-order valence-electron chi connectivity index (χ1n) is 7.42. The monoisotopic (exact) mass is 391 g/mol. The van der Waals surface area contributed by atoms with E-state index in [0.717, 1.165) is 0 Å². The Balaban J connectivity index is 2.19. The first-order chi connectivity index (χ1) is 11.4. The van der Waals surface area contributed by atoms with Gasteiger partial charge in [-0.25, -0.2) is 4.79 Å². The molecule has 0 aliphatic heterocycles. The molecule has 1 N–H and O–H groups in total. The van der Waals surface area contributed by atoms with Crippen molar-refractivity contribution in [1.29, 1.82) is 0 Å². The minimum atomic E-state index is -0.524. The molecule has 0 aliphatic carbocycles. The molecule has 0 radical (unpaired) electrons. The molecule has 126 valence electrons. The fourth-order valence-corrected chi connectivity index (χ4v) is 2.46. The van der Waals surface area contributed by atoms with E-state index >= 15 is 0 Å². The molecule has 0 aromatic heterocycles. The summed E-state index contributed by atoms with van der Waals surface area (Å²) in [5.74, 6) is 0.178. The van der Waals surface area contributed by atoms with Gasteiger partial charge in [0.15, 0.2) is 5.75 Å². The van der Waals surface area contributed by atoms with E-state index in [1.54, 1.807) is 42.5 Å². The Morgan fingerprint density at radius 1 is 1.08 bits per heavy atom. The molecule has 0 atom stereocenters. The molecule has 0 aliphatic rings. The van der Waals surface area contributed by atoms with E-state index in [2.05, 4.69) is 21.2 Å². The third-order valence-corrected chi connectivity index (χ3v) is 3.55. The fourth-order valence-electron chi connectivity index (χ4n) is 1.98. The minimum Gasteiger partial charge on any atom is -0.490 e. The fraction of sp³-hybridized carbons (Fsp3) is 0.222. The van der Waals surface area contributed by atoms with E-state index in [4.69, 9.17) is 9.47 Å². The Morgan fingerprint density at radius 2 is 1.79 bits per heavy atom. The van der Waals surface area contributed by atoms with Gasteiger partial charge in [0, 0.05) is 6.92 Å². The van der Waals surface area contributed by atoms with Gasteiger partial charge in [-0.1, -0.05) is 12.1 Å². The minimum absolute atomic E-state index is 0.0311. The van der Waals surface area contributed by atoms with Crippen LogP contribution in [0.25, 0.3) is 0 Å². The number of carbonyl (C=O) groups is 2. The molecule has 2 aromatic rings. The lowest BCUT2D eigenvalue weighted by atomic mass is 10.2. The molecule has 1 amide bonds. The zero-order chi connectivity index (χ0) is 17.7. The molecule has 0 fully saturated rings. The number of anilines is 1. The number of nitrogens with one attached hydrogen (secondary N) is 1. The third-order valence-electron chi connectivity index (χ3n) is 2.93. The maximum Gasteiger partial charge on any atom is 0.343 e. The van der Waals surface area contributed by atoms with E-state index in [9.17, 15) is 9.59 Å². The summed E-state index contributed by atoms with van der Waals surface area (Å²) >= 11 is 3.39. The molecule has 0 heterocycles. The van der Waals surface area contributed by atoms with E-state index in [0.29, 0.717) is 21.5 Å². The van der Waals surface area contributed by atoms with Crippen molar-refractivity contribution in [1.82, 2.24) is 0 Å². The van der Waals surface area contributed by atoms with Crippen LogP contribution in [-0.4, -0.2) is 18.0 Å². The first kappa shape index (κ1) is 18.0. The number of amides is 1. The van der Waals surface area contributed by atoms with Crippen molar-refractivity contribution in [3.05, 3.63) is 52.5 Å². The molecule has 0 saturated heterocycles. The van der Waals surface area contributed by atoms with Crippen LogP contribution in [0.15, 0.2) is 46.9 Å². The lowest BCUT2D eigenvalue weighted by Crippen LogP contribution is -2.12. The SMILES string of the molecule is CC(=O)Nc1ccccc1OC(=O)c1ccc(OC(C)C)c(Br)c1. The van der Waals surface area contributed by atoms with Crippen LogP contribution < -0.4 is 14.8 Å². The highest BCUT2D eigenvalue weighted by molar-refractivity contribution is 9.10. The van der Waals surface area contributed by atoms with Crippen LogP contribution in [0.4, 0.5) is 5.69 Å². The second kappa shape index (κ2) is 7.97. The van der Waals surface area contributed by atoms with Crippen LogP contribution in [0.1, 0.15) is 31.1 Å². The zero-order valence-corrected chi connectivity index (χ0v) is 15.2. The van der Waals surface area contributed by atoms with Crippen molar-refractivity contribution in [3.8, 4) is 11.5 Å². The van der Waals surface area contributed by atoms with Gasteiger partial charge < -0.3 is 14.8 Å². The van der Waals surface area contributed by atoms with Gasteiger partial charge in [-0.2, -0.15) is 0 Å². The van der Waals surface area contributed by atoms with E-state index in [1.807, 2.05) is 13.8 Å². The highest BCUT2D eigenvalue weighted by Crippen LogP contribution is 2.29. The van der Waals surface area contributed by atoms with Crippen molar-refractivity contribution in [2.45, 2.75) is 26.9 Å². The summed E-state index contributed by atoms with van der Waals surface area (Å²) in [6.45, 7) is 5.24. The molecule has 0 spiro atoms. The van der Waals surface area contributed by atoms with Gasteiger partial charge in [0.25, 0.3) is 0 Å². The number of hydrogen-bond acceptors (Lipinski definition) is 4. The van der Waals surface area contributed by atoms with Gasteiger partial charge in [0.2, 0.25) is 5.91 Å². The maximum absolute atomic E-state index is 12.3. The van der Waals surface area contributed by atoms with Crippen molar-refractivity contribution >= 4 is 33.5 Å². The number of ether oxygens (including phenoxy) is 2. The summed E-state index contributed by atoms with van der Waals surface area (Å²) in [5.41, 5.74) is 0.813. The molecule has 5 nitrogen and oxygen atoms in total. The van der Waals surface area contributed by atoms with Crippen molar-refractivity contribution in [3.63, 3.8) is 0 Å². The van der Waals surface area contributed by atoms with Gasteiger partial charge in [-0.15, -0.1) is 0 Å². The normalized spacial score (nSPS) is 10.4. The molecule has 2 aromatic carbocycles. The van der Waals surface area contributed by atoms with Crippen LogP contribution in [-0.2, 0) is 4.79 Å². The Bertz CT molecular complexity index is 758. The summed E-state index contributed by atoms with van der Waals surface area (Å²) in [6, 6.07) is 11.7. The molecule has 6 heteroatoms. The van der Waals surface area contributed by atoms with Crippen LogP contribution in [0.3, 0.4) is 0 Å². The molecule has 0 bridgehead atoms. The highest BCUT2D eigenvalue weighted by atomic mass is 79.9.